The lowest BCUT2D eigenvalue weighted by atomic mass is 9.63. The van der Waals surface area contributed by atoms with Crippen molar-refractivity contribution in [3.8, 4) is 5.69 Å². The highest BCUT2D eigenvalue weighted by Gasteiger charge is 2.67. The molecule has 2 saturated carbocycles. The van der Waals surface area contributed by atoms with Crippen molar-refractivity contribution in [1.82, 2.24) is 9.58 Å². The monoisotopic (exact) mass is 385 g/mol. The standard InChI is InChI=1S/C24H23N3O2/c1-13-10-15(14(2)26(13)16-6-4-3-5-7-16)12-25-27-23(28)21-17-8-9-18(20-11-19(17)20)22(21)24(27)29/h3-10,12,17-22H,11H2,1-2H3/b25-12-/t17-,18-,19-,20+,21+,22+/m0/s1. The molecule has 6 atom stereocenters. The predicted octanol–water partition coefficient (Wildman–Crippen LogP) is 3.48. The number of carbonyl (C=O) groups is 2. The summed E-state index contributed by atoms with van der Waals surface area (Å²) in [6.45, 7) is 4.08. The largest absolute Gasteiger partial charge is 0.318 e. The number of allylic oxidation sites excluding steroid dienone is 2. The first-order chi connectivity index (χ1) is 14.1. The van der Waals surface area contributed by atoms with Crippen LogP contribution in [-0.2, 0) is 9.59 Å². The Bertz CT molecular complexity index is 1060. The average molecular weight is 385 g/mol. The van der Waals surface area contributed by atoms with Gasteiger partial charge in [-0.2, -0.15) is 10.1 Å². The van der Waals surface area contributed by atoms with E-state index in [9.17, 15) is 9.59 Å². The third-order valence-electron chi connectivity index (χ3n) is 7.44. The quantitative estimate of drug-likeness (QED) is 0.461. The molecule has 4 aliphatic carbocycles. The molecule has 146 valence electrons. The molecule has 0 radical (unpaired) electrons. The highest BCUT2D eigenvalue weighted by molar-refractivity contribution is 6.06. The van der Waals surface area contributed by atoms with E-state index in [1.54, 1.807) is 6.21 Å². The van der Waals surface area contributed by atoms with Crippen molar-refractivity contribution in [1.29, 1.82) is 0 Å². The maximum absolute atomic E-state index is 13.1. The van der Waals surface area contributed by atoms with Crippen LogP contribution in [0, 0.1) is 49.4 Å². The minimum absolute atomic E-state index is 0.113. The molecule has 2 heterocycles. The van der Waals surface area contributed by atoms with Crippen LogP contribution in [-0.4, -0.2) is 27.6 Å². The molecule has 1 aliphatic heterocycles. The summed E-state index contributed by atoms with van der Waals surface area (Å²) in [4.78, 5) is 26.1. The molecule has 7 rings (SSSR count). The van der Waals surface area contributed by atoms with E-state index in [2.05, 4.69) is 34.0 Å². The summed E-state index contributed by atoms with van der Waals surface area (Å²) in [7, 11) is 0. The van der Waals surface area contributed by atoms with Crippen molar-refractivity contribution >= 4 is 18.0 Å². The smallest absolute Gasteiger partial charge is 0.254 e. The number of imide groups is 1. The summed E-state index contributed by atoms with van der Waals surface area (Å²) >= 11 is 0. The summed E-state index contributed by atoms with van der Waals surface area (Å²) < 4.78 is 2.16. The summed E-state index contributed by atoms with van der Waals surface area (Å²) in [5.74, 6) is 1.05. The molecule has 1 saturated heterocycles. The van der Waals surface area contributed by atoms with Crippen LogP contribution in [0.2, 0.25) is 0 Å². The number of rotatable bonds is 3. The molecular weight excluding hydrogens is 362 g/mol. The highest BCUT2D eigenvalue weighted by Crippen LogP contribution is 2.65. The van der Waals surface area contributed by atoms with Crippen LogP contribution in [0.15, 0.2) is 53.7 Å². The van der Waals surface area contributed by atoms with Crippen molar-refractivity contribution in [2.75, 3.05) is 0 Å². The zero-order valence-corrected chi connectivity index (χ0v) is 16.5. The van der Waals surface area contributed by atoms with Crippen LogP contribution < -0.4 is 0 Å². The molecule has 5 heteroatoms. The number of hydrazone groups is 1. The van der Waals surface area contributed by atoms with E-state index in [4.69, 9.17) is 0 Å². The molecule has 5 nitrogen and oxygen atoms in total. The van der Waals surface area contributed by atoms with Crippen LogP contribution in [0.4, 0.5) is 0 Å². The van der Waals surface area contributed by atoms with E-state index in [-0.39, 0.29) is 35.5 Å². The van der Waals surface area contributed by atoms with Gasteiger partial charge in [0.05, 0.1) is 18.1 Å². The van der Waals surface area contributed by atoms with Gasteiger partial charge in [0.15, 0.2) is 0 Å². The number of benzene rings is 1. The van der Waals surface area contributed by atoms with Crippen LogP contribution in [0.1, 0.15) is 23.4 Å². The first-order valence-electron chi connectivity index (χ1n) is 10.4. The second-order valence-electron chi connectivity index (χ2n) is 8.88. The van der Waals surface area contributed by atoms with E-state index in [0.717, 1.165) is 27.6 Å². The van der Waals surface area contributed by atoms with Gasteiger partial charge in [0.1, 0.15) is 0 Å². The first-order valence-corrected chi connectivity index (χ1v) is 10.4. The van der Waals surface area contributed by atoms with Gasteiger partial charge >= 0.3 is 0 Å². The number of para-hydroxylation sites is 1. The molecule has 1 aromatic carbocycles. The lowest BCUT2D eigenvalue weighted by Gasteiger charge is -2.37. The number of aryl methyl sites for hydroxylation is 1. The van der Waals surface area contributed by atoms with Gasteiger partial charge in [-0.1, -0.05) is 30.4 Å². The van der Waals surface area contributed by atoms with Gasteiger partial charge in [-0.05, 0) is 62.1 Å². The second kappa shape index (κ2) is 5.78. The number of amides is 2. The van der Waals surface area contributed by atoms with Crippen LogP contribution >= 0.6 is 0 Å². The molecule has 0 N–H and O–H groups in total. The number of carbonyl (C=O) groups excluding carboxylic acids is 2. The minimum Gasteiger partial charge on any atom is -0.318 e. The Morgan fingerprint density at radius 2 is 1.59 bits per heavy atom. The van der Waals surface area contributed by atoms with Gasteiger partial charge in [-0.3, -0.25) is 9.59 Å². The lowest BCUT2D eigenvalue weighted by molar-refractivity contribution is -0.140. The Morgan fingerprint density at radius 3 is 2.21 bits per heavy atom. The van der Waals surface area contributed by atoms with Gasteiger partial charge in [-0.25, -0.2) is 0 Å². The number of hydrogen-bond acceptors (Lipinski definition) is 3. The topological polar surface area (TPSA) is 54.7 Å². The van der Waals surface area contributed by atoms with Gasteiger partial charge in [-0.15, -0.1) is 0 Å². The summed E-state index contributed by atoms with van der Waals surface area (Å²) in [6.07, 6.45) is 7.22. The molecule has 0 spiro atoms. The molecule has 2 aromatic rings. The van der Waals surface area contributed by atoms with Crippen LogP contribution in [0.5, 0.6) is 0 Å². The van der Waals surface area contributed by atoms with Crippen molar-refractivity contribution in [2.45, 2.75) is 20.3 Å². The van der Waals surface area contributed by atoms with E-state index in [1.807, 2.05) is 38.1 Å². The highest BCUT2D eigenvalue weighted by atomic mass is 16.2. The molecule has 3 fully saturated rings. The van der Waals surface area contributed by atoms with E-state index < -0.39 is 0 Å². The van der Waals surface area contributed by atoms with E-state index in [0.29, 0.717) is 11.8 Å². The Hall–Kier alpha value is -2.95. The van der Waals surface area contributed by atoms with Gasteiger partial charge in [0.25, 0.3) is 11.8 Å². The van der Waals surface area contributed by atoms with Crippen LogP contribution in [0.25, 0.3) is 5.69 Å². The van der Waals surface area contributed by atoms with Crippen molar-refractivity contribution in [3.05, 3.63) is 65.5 Å². The SMILES string of the molecule is Cc1cc(/C=N\N2C(=O)[C@@H]3[C@H]4C=C[C@@H]([C@@H]5C[C@H]45)[C@H]3C2=O)c(C)n1-c1ccccc1. The van der Waals surface area contributed by atoms with Gasteiger partial charge < -0.3 is 4.57 Å². The van der Waals surface area contributed by atoms with E-state index >= 15 is 0 Å². The fourth-order valence-electron chi connectivity index (χ4n) is 6.07. The maximum Gasteiger partial charge on any atom is 0.254 e. The zero-order valence-electron chi connectivity index (χ0n) is 16.5. The molecular formula is C24H23N3O2. The van der Waals surface area contributed by atoms with Crippen molar-refractivity contribution < 1.29 is 9.59 Å². The van der Waals surface area contributed by atoms with Gasteiger partial charge in [0, 0.05) is 22.6 Å². The maximum atomic E-state index is 13.1. The molecule has 2 bridgehead atoms. The Morgan fingerprint density at radius 1 is 0.966 bits per heavy atom. The molecule has 29 heavy (non-hydrogen) atoms. The Labute approximate surface area is 169 Å². The van der Waals surface area contributed by atoms with E-state index in [1.165, 1.54) is 6.42 Å². The Balaban J connectivity index is 1.31. The first kappa shape index (κ1) is 17.0. The van der Waals surface area contributed by atoms with Gasteiger partial charge in [0.2, 0.25) is 0 Å². The van der Waals surface area contributed by atoms with Crippen molar-refractivity contribution in [3.63, 3.8) is 0 Å². The molecule has 5 aliphatic rings. The average Bonchev–Trinajstić information content (AvgIpc) is 3.45. The Kier molecular flexibility index (Phi) is 3.38. The summed E-state index contributed by atoms with van der Waals surface area (Å²) in [5, 5.41) is 5.55. The predicted molar refractivity (Wildman–Crippen MR) is 109 cm³/mol. The zero-order chi connectivity index (χ0) is 19.9. The summed E-state index contributed by atoms with van der Waals surface area (Å²) in [5.41, 5.74) is 4.14. The number of hydrogen-bond donors (Lipinski definition) is 0. The minimum atomic E-state index is -0.199. The van der Waals surface area contributed by atoms with Crippen molar-refractivity contribution in [2.24, 2.45) is 40.6 Å². The summed E-state index contributed by atoms with van der Waals surface area (Å²) in [6, 6.07) is 12.2. The second-order valence-corrected chi connectivity index (χ2v) is 8.88. The lowest BCUT2D eigenvalue weighted by Crippen LogP contribution is -2.40. The fraction of sp³-hybridized carbons (Fsp3) is 0.375. The third kappa shape index (κ3) is 2.24. The van der Waals surface area contributed by atoms with Crippen LogP contribution in [0.3, 0.4) is 0 Å². The fourth-order valence-corrected chi connectivity index (χ4v) is 6.07. The number of nitrogens with zero attached hydrogens (tertiary/aromatic N) is 3. The normalized spacial score (nSPS) is 34.2. The third-order valence-corrected chi connectivity index (χ3v) is 7.44. The molecule has 1 aromatic heterocycles. The molecule has 2 amide bonds. The number of aromatic nitrogens is 1. The molecule has 0 unspecified atom stereocenters.